The number of fused-ring (bicyclic) bond motifs is 2. The molecule has 2 heterocycles. The molecule has 1 N–H and O–H groups in total. The molecule has 0 saturated heterocycles. The number of oxazole rings is 1. The number of benzene rings is 2. The number of aromatic nitrogens is 3. The summed E-state index contributed by atoms with van der Waals surface area (Å²) in [5.41, 5.74) is 2.21. The van der Waals surface area contributed by atoms with Crippen LogP contribution in [0.3, 0.4) is 0 Å². The van der Waals surface area contributed by atoms with E-state index in [1.165, 1.54) is 0 Å². The Labute approximate surface area is 125 Å². The van der Waals surface area contributed by atoms with E-state index < -0.39 is 0 Å². The zero-order chi connectivity index (χ0) is 14.9. The van der Waals surface area contributed by atoms with Crippen molar-refractivity contribution in [1.29, 1.82) is 0 Å². The van der Waals surface area contributed by atoms with Crippen molar-refractivity contribution in [3.8, 4) is 0 Å². The summed E-state index contributed by atoms with van der Waals surface area (Å²) < 4.78 is 5.68. The van der Waals surface area contributed by atoms with Gasteiger partial charge in [0.05, 0.1) is 10.9 Å². The Morgan fingerprint density at radius 3 is 2.55 bits per heavy atom. The summed E-state index contributed by atoms with van der Waals surface area (Å²) in [4.78, 5) is 23.7. The monoisotopic (exact) mass is 291 g/mol. The highest BCUT2D eigenvalue weighted by Crippen LogP contribution is 2.15. The zero-order valence-electron chi connectivity index (χ0n) is 11.7. The minimum Gasteiger partial charge on any atom is -0.441 e. The van der Waals surface area contributed by atoms with E-state index in [0.717, 1.165) is 11.1 Å². The Balaban J connectivity index is 1.62. The van der Waals surface area contributed by atoms with E-state index in [1.807, 2.05) is 42.5 Å². The number of hydrogen-bond acceptors (Lipinski definition) is 4. The van der Waals surface area contributed by atoms with Crippen molar-refractivity contribution in [3.63, 3.8) is 0 Å². The predicted molar refractivity (Wildman–Crippen MR) is 83.8 cm³/mol. The molecule has 4 rings (SSSR count). The van der Waals surface area contributed by atoms with Crippen LogP contribution >= 0.6 is 0 Å². The molecule has 2 aromatic heterocycles. The molecule has 108 valence electrons. The summed E-state index contributed by atoms with van der Waals surface area (Å²) in [6.07, 6.45) is 1.17. The van der Waals surface area contributed by atoms with E-state index >= 15 is 0 Å². The van der Waals surface area contributed by atoms with Crippen LogP contribution in [0.4, 0.5) is 0 Å². The second kappa shape index (κ2) is 5.11. The van der Waals surface area contributed by atoms with Crippen molar-refractivity contribution in [2.24, 2.45) is 0 Å². The Kier molecular flexibility index (Phi) is 2.96. The number of rotatable bonds is 3. The summed E-state index contributed by atoms with van der Waals surface area (Å²) in [5, 5.41) is 0.605. The molecule has 0 saturated carbocycles. The fourth-order valence-corrected chi connectivity index (χ4v) is 2.51. The Hall–Kier alpha value is -2.95. The molecule has 0 spiro atoms. The van der Waals surface area contributed by atoms with Crippen molar-refractivity contribution in [2.75, 3.05) is 0 Å². The molecule has 0 bridgehead atoms. The first-order chi connectivity index (χ1) is 10.8. The summed E-state index contributed by atoms with van der Waals surface area (Å²) in [6.45, 7) is 0. The predicted octanol–water partition coefficient (Wildman–Crippen LogP) is 2.85. The minimum absolute atomic E-state index is 0.113. The molecule has 5 heteroatoms. The van der Waals surface area contributed by atoms with Crippen LogP contribution in [0.5, 0.6) is 0 Å². The van der Waals surface area contributed by atoms with Gasteiger partial charge in [0.2, 0.25) is 0 Å². The SMILES string of the molecule is O=c1[nH]c(CCc2nc3ccccc3o2)nc2ccccc12. The van der Waals surface area contributed by atoms with Crippen molar-refractivity contribution in [2.45, 2.75) is 12.8 Å². The molecule has 0 amide bonds. The van der Waals surface area contributed by atoms with E-state index in [0.29, 0.717) is 35.5 Å². The highest BCUT2D eigenvalue weighted by Gasteiger charge is 2.08. The third kappa shape index (κ3) is 2.26. The van der Waals surface area contributed by atoms with Crippen LogP contribution in [0.1, 0.15) is 11.7 Å². The first kappa shape index (κ1) is 12.8. The lowest BCUT2D eigenvalue weighted by Crippen LogP contribution is -2.12. The van der Waals surface area contributed by atoms with Gasteiger partial charge in [0.1, 0.15) is 11.3 Å². The molecular weight excluding hydrogens is 278 g/mol. The summed E-state index contributed by atoms with van der Waals surface area (Å²) in [7, 11) is 0. The number of para-hydroxylation sites is 3. The van der Waals surface area contributed by atoms with Gasteiger partial charge in [-0.3, -0.25) is 4.79 Å². The Morgan fingerprint density at radius 2 is 1.68 bits per heavy atom. The average molecular weight is 291 g/mol. The van der Waals surface area contributed by atoms with Crippen LogP contribution in [0, 0.1) is 0 Å². The lowest BCUT2D eigenvalue weighted by molar-refractivity contribution is 0.525. The average Bonchev–Trinajstić information content (AvgIpc) is 2.96. The molecule has 0 atom stereocenters. The van der Waals surface area contributed by atoms with Gasteiger partial charge in [0.15, 0.2) is 11.5 Å². The zero-order valence-corrected chi connectivity index (χ0v) is 11.7. The fraction of sp³-hybridized carbons (Fsp3) is 0.118. The molecule has 22 heavy (non-hydrogen) atoms. The maximum atomic E-state index is 12.0. The van der Waals surface area contributed by atoms with E-state index in [2.05, 4.69) is 15.0 Å². The lowest BCUT2D eigenvalue weighted by atomic mass is 10.2. The molecule has 0 fully saturated rings. The summed E-state index contributed by atoms with van der Waals surface area (Å²) >= 11 is 0. The Bertz CT molecular complexity index is 984. The Morgan fingerprint density at radius 1 is 0.909 bits per heavy atom. The van der Waals surface area contributed by atoms with Crippen LogP contribution in [-0.2, 0) is 12.8 Å². The van der Waals surface area contributed by atoms with Crippen molar-refractivity contribution < 1.29 is 4.42 Å². The molecule has 0 aliphatic heterocycles. The normalized spacial score (nSPS) is 11.3. The fourth-order valence-electron chi connectivity index (χ4n) is 2.51. The second-order valence-corrected chi connectivity index (χ2v) is 5.11. The number of nitrogens with zero attached hydrogens (tertiary/aromatic N) is 2. The number of aryl methyl sites for hydroxylation is 2. The molecule has 2 aromatic carbocycles. The highest BCUT2D eigenvalue weighted by atomic mass is 16.3. The molecule has 0 radical (unpaired) electrons. The van der Waals surface area contributed by atoms with E-state index in [1.54, 1.807) is 6.07 Å². The quantitative estimate of drug-likeness (QED) is 0.630. The summed E-state index contributed by atoms with van der Waals surface area (Å²) in [6, 6.07) is 15.0. The van der Waals surface area contributed by atoms with Gasteiger partial charge in [-0.1, -0.05) is 24.3 Å². The van der Waals surface area contributed by atoms with Crippen LogP contribution in [-0.4, -0.2) is 15.0 Å². The maximum absolute atomic E-state index is 12.0. The number of nitrogens with one attached hydrogen (secondary N) is 1. The van der Waals surface area contributed by atoms with E-state index in [-0.39, 0.29) is 5.56 Å². The molecule has 5 nitrogen and oxygen atoms in total. The first-order valence-electron chi connectivity index (χ1n) is 7.12. The highest BCUT2D eigenvalue weighted by molar-refractivity contribution is 5.77. The third-order valence-corrected chi connectivity index (χ3v) is 3.58. The van der Waals surface area contributed by atoms with Crippen LogP contribution in [0.2, 0.25) is 0 Å². The third-order valence-electron chi connectivity index (χ3n) is 3.58. The molecule has 0 unspecified atom stereocenters. The number of aromatic amines is 1. The standard InChI is InChI=1S/C17H13N3O2/c21-17-11-5-1-2-6-12(11)18-15(20-17)9-10-16-19-13-7-3-4-8-14(13)22-16/h1-8H,9-10H2,(H,18,20,21). The van der Waals surface area contributed by atoms with Gasteiger partial charge in [-0.05, 0) is 24.3 Å². The smallest absolute Gasteiger partial charge is 0.258 e. The van der Waals surface area contributed by atoms with Crippen LogP contribution in [0.25, 0.3) is 22.0 Å². The van der Waals surface area contributed by atoms with Gasteiger partial charge in [0.25, 0.3) is 5.56 Å². The van der Waals surface area contributed by atoms with Gasteiger partial charge < -0.3 is 9.40 Å². The largest absolute Gasteiger partial charge is 0.441 e. The molecule has 0 aliphatic carbocycles. The van der Waals surface area contributed by atoms with Gasteiger partial charge >= 0.3 is 0 Å². The molecule has 4 aromatic rings. The van der Waals surface area contributed by atoms with Crippen molar-refractivity contribution >= 4 is 22.0 Å². The maximum Gasteiger partial charge on any atom is 0.258 e. The molecule has 0 aliphatic rings. The van der Waals surface area contributed by atoms with Crippen molar-refractivity contribution in [1.82, 2.24) is 15.0 Å². The first-order valence-corrected chi connectivity index (χ1v) is 7.12. The topological polar surface area (TPSA) is 71.8 Å². The van der Waals surface area contributed by atoms with Gasteiger partial charge in [-0.15, -0.1) is 0 Å². The van der Waals surface area contributed by atoms with Gasteiger partial charge in [0, 0.05) is 12.8 Å². The van der Waals surface area contributed by atoms with Gasteiger partial charge in [-0.25, -0.2) is 9.97 Å². The van der Waals surface area contributed by atoms with Gasteiger partial charge in [-0.2, -0.15) is 0 Å². The lowest BCUT2D eigenvalue weighted by Gasteiger charge is -2.01. The number of hydrogen-bond donors (Lipinski definition) is 1. The van der Waals surface area contributed by atoms with E-state index in [4.69, 9.17) is 4.42 Å². The van der Waals surface area contributed by atoms with Crippen LogP contribution < -0.4 is 5.56 Å². The minimum atomic E-state index is -0.113. The van der Waals surface area contributed by atoms with Crippen LogP contribution in [0.15, 0.2) is 57.7 Å². The second-order valence-electron chi connectivity index (χ2n) is 5.11. The van der Waals surface area contributed by atoms with Crippen molar-refractivity contribution in [3.05, 3.63) is 70.6 Å². The molecular formula is C17H13N3O2. The van der Waals surface area contributed by atoms with E-state index in [9.17, 15) is 4.79 Å². The summed E-state index contributed by atoms with van der Waals surface area (Å²) in [5.74, 6) is 1.29. The number of H-pyrrole nitrogens is 1.